The van der Waals surface area contributed by atoms with Crippen molar-refractivity contribution in [1.29, 1.82) is 0 Å². The van der Waals surface area contributed by atoms with E-state index in [0.717, 1.165) is 16.6 Å². The van der Waals surface area contributed by atoms with Crippen LogP contribution in [0.3, 0.4) is 0 Å². The normalized spacial score (nSPS) is 10.8. The van der Waals surface area contributed by atoms with Crippen LogP contribution in [0.5, 0.6) is 0 Å². The summed E-state index contributed by atoms with van der Waals surface area (Å²) in [5, 5.41) is 0. The summed E-state index contributed by atoms with van der Waals surface area (Å²) in [5.41, 5.74) is 0.979. The third-order valence-electron chi connectivity index (χ3n) is 3.12. The van der Waals surface area contributed by atoms with Gasteiger partial charge in [0, 0.05) is 10.6 Å². The van der Waals surface area contributed by atoms with Crippen LogP contribution in [0.15, 0.2) is 21.4 Å². The van der Waals surface area contributed by atoms with Crippen molar-refractivity contribution < 1.29 is 4.79 Å². The van der Waals surface area contributed by atoms with Crippen molar-refractivity contribution >= 4 is 33.0 Å². The highest BCUT2D eigenvalue weighted by Gasteiger charge is 2.15. The van der Waals surface area contributed by atoms with Crippen molar-refractivity contribution in [3.8, 4) is 0 Å². The number of aromatic nitrogens is 2. The number of hydrogen-bond donors (Lipinski definition) is 0. The van der Waals surface area contributed by atoms with Gasteiger partial charge in [0.25, 0.3) is 0 Å². The molecule has 0 bridgehead atoms. The highest BCUT2D eigenvalue weighted by atomic mass is 79.9. The van der Waals surface area contributed by atoms with Gasteiger partial charge in [-0.05, 0) is 48.3 Å². The summed E-state index contributed by atoms with van der Waals surface area (Å²) in [6.07, 6.45) is 0.911. The Labute approximate surface area is 129 Å². The van der Waals surface area contributed by atoms with Gasteiger partial charge in [-0.1, -0.05) is 6.92 Å². The molecule has 0 saturated carbocycles. The van der Waals surface area contributed by atoms with Crippen LogP contribution >= 0.6 is 27.3 Å². The smallest absolute Gasteiger partial charge is 0.291 e. The molecule has 6 heteroatoms. The minimum Gasteiger partial charge on any atom is -0.291 e. The molecule has 4 nitrogen and oxygen atoms in total. The molecule has 0 aliphatic carbocycles. The van der Waals surface area contributed by atoms with Crippen molar-refractivity contribution in [2.24, 2.45) is 0 Å². The van der Waals surface area contributed by atoms with Crippen LogP contribution in [0.4, 0.5) is 0 Å². The lowest BCUT2D eigenvalue weighted by Crippen LogP contribution is -2.29. The van der Waals surface area contributed by atoms with Crippen LogP contribution in [0.25, 0.3) is 0 Å². The summed E-state index contributed by atoms with van der Waals surface area (Å²) in [5.74, 6) is -0.0579. The summed E-state index contributed by atoms with van der Waals surface area (Å²) in [4.78, 5) is 29.9. The number of ketones is 1. The second-order valence-corrected chi connectivity index (χ2v) is 6.47. The maximum Gasteiger partial charge on any atom is 0.348 e. The molecule has 0 fully saturated rings. The van der Waals surface area contributed by atoms with Crippen LogP contribution in [0, 0.1) is 13.8 Å². The molecule has 20 heavy (non-hydrogen) atoms. The van der Waals surface area contributed by atoms with E-state index in [1.807, 2.05) is 12.1 Å². The highest BCUT2D eigenvalue weighted by Crippen LogP contribution is 2.20. The molecule has 2 aromatic heterocycles. The second kappa shape index (κ2) is 6.01. The van der Waals surface area contributed by atoms with Crippen molar-refractivity contribution in [3.05, 3.63) is 48.2 Å². The summed E-state index contributed by atoms with van der Waals surface area (Å²) in [6, 6.07) is 3.78. The SMILES string of the molecule is CCc1ccc(C(=O)Cn2c(C)c(Br)c(C)nc2=O)s1. The van der Waals surface area contributed by atoms with Crippen molar-refractivity contribution in [3.63, 3.8) is 0 Å². The van der Waals surface area contributed by atoms with Gasteiger partial charge in [-0.15, -0.1) is 11.3 Å². The average Bonchev–Trinajstić information content (AvgIpc) is 2.90. The standard InChI is InChI=1S/C14H15BrN2O2S/c1-4-10-5-6-12(20-10)11(18)7-17-9(3)13(15)8(2)16-14(17)19/h5-6H,4,7H2,1-3H3. The Bertz CT molecular complexity index is 718. The molecule has 2 rings (SSSR count). The molecule has 0 N–H and O–H groups in total. The zero-order chi connectivity index (χ0) is 14.9. The first-order chi connectivity index (χ1) is 9.43. The van der Waals surface area contributed by atoms with Gasteiger partial charge >= 0.3 is 5.69 Å². The minimum atomic E-state index is -0.385. The Morgan fingerprint density at radius 2 is 2.10 bits per heavy atom. The number of Topliss-reactive ketones (excluding diaryl/α,β-unsaturated/α-hetero) is 1. The number of carbonyl (C=O) groups excluding carboxylic acids is 1. The van der Waals surface area contributed by atoms with Gasteiger partial charge in [0.2, 0.25) is 0 Å². The molecule has 0 aromatic carbocycles. The van der Waals surface area contributed by atoms with Gasteiger partial charge in [-0.3, -0.25) is 9.36 Å². The Balaban J connectivity index is 2.33. The van der Waals surface area contributed by atoms with Gasteiger partial charge in [-0.25, -0.2) is 4.79 Å². The van der Waals surface area contributed by atoms with Crippen molar-refractivity contribution in [2.45, 2.75) is 33.7 Å². The monoisotopic (exact) mass is 354 g/mol. The van der Waals surface area contributed by atoms with Crippen LogP contribution < -0.4 is 5.69 Å². The van der Waals surface area contributed by atoms with E-state index in [9.17, 15) is 9.59 Å². The molecule has 0 aliphatic heterocycles. The molecular weight excluding hydrogens is 340 g/mol. The predicted molar refractivity (Wildman–Crippen MR) is 83.7 cm³/mol. The summed E-state index contributed by atoms with van der Waals surface area (Å²) < 4.78 is 2.18. The zero-order valence-corrected chi connectivity index (χ0v) is 14.0. The average molecular weight is 355 g/mol. The van der Waals surface area contributed by atoms with Crippen LogP contribution in [-0.2, 0) is 13.0 Å². The number of halogens is 1. The van der Waals surface area contributed by atoms with Gasteiger partial charge in [-0.2, -0.15) is 4.98 Å². The lowest BCUT2D eigenvalue weighted by molar-refractivity contribution is 0.0973. The maximum atomic E-state index is 12.3. The van der Waals surface area contributed by atoms with Gasteiger partial charge in [0.05, 0.1) is 21.6 Å². The van der Waals surface area contributed by atoms with E-state index < -0.39 is 0 Å². The van der Waals surface area contributed by atoms with Crippen LogP contribution in [0.1, 0.15) is 32.9 Å². The van der Waals surface area contributed by atoms with Gasteiger partial charge in [0.15, 0.2) is 5.78 Å². The number of carbonyl (C=O) groups is 1. The van der Waals surface area contributed by atoms with Crippen molar-refractivity contribution in [2.75, 3.05) is 0 Å². The van der Waals surface area contributed by atoms with E-state index in [-0.39, 0.29) is 18.0 Å². The minimum absolute atomic E-state index is 0.0280. The summed E-state index contributed by atoms with van der Waals surface area (Å²) in [7, 11) is 0. The van der Waals surface area contributed by atoms with E-state index >= 15 is 0 Å². The first-order valence-electron chi connectivity index (χ1n) is 6.29. The van der Waals surface area contributed by atoms with E-state index in [0.29, 0.717) is 10.6 Å². The molecular formula is C14H15BrN2O2S. The molecule has 106 valence electrons. The topological polar surface area (TPSA) is 52.0 Å². The molecule has 0 aliphatic rings. The molecule has 2 heterocycles. The Hall–Kier alpha value is -1.27. The second-order valence-electron chi connectivity index (χ2n) is 4.51. The Morgan fingerprint density at radius 3 is 2.70 bits per heavy atom. The fourth-order valence-corrected chi connectivity index (χ4v) is 3.08. The van der Waals surface area contributed by atoms with Gasteiger partial charge < -0.3 is 0 Å². The third kappa shape index (κ3) is 2.91. The fourth-order valence-electron chi connectivity index (χ4n) is 1.90. The maximum absolute atomic E-state index is 12.3. The molecule has 0 radical (unpaired) electrons. The highest BCUT2D eigenvalue weighted by molar-refractivity contribution is 9.10. The molecule has 0 unspecified atom stereocenters. The van der Waals surface area contributed by atoms with Crippen molar-refractivity contribution in [1.82, 2.24) is 9.55 Å². The van der Waals surface area contributed by atoms with Crippen LogP contribution in [0.2, 0.25) is 0 Å². The summed E-state index contributed by atoms with van der Waals surface area (Å²) >= 11 is 4.88. The quantitative estimate of drug-likeness (QED) is 0.792. The number of hydrogen-bond acceptors (Lipinski definition) is 4. The predicted octanol–water partition coefficient (Wildman–Crippen LogP) is 3.13. The molecule has 2 aromatic rings. The number of thiophene rings is 1. The largest absolute Gasteiger partial charge is 0.348 e. The van der Waals surface area contributed by atoms with E-state index in [2.05, 4.69) is 27.8 Å². The summed E-state index contributed by atoms with van der Waals surface area (Å²) in [6.45, 7) is 5.65. The first-order valence-corrected chi connectivity index (χ1v) is 7.90. The lowest BCUT2D eigenvalue weighted by Gasteiger charge is -2.10. The Kier molecular flexibility index (Phi) is 4.55. The number of aryl methyl sites for hydroxylation is 2. The van der Waals surface area contributed by atoms with Crippen LogP contribution in [-0.4, -0.2) is 15.3 Å². The molecule has 0 spiro atoms. The van der Waals surface area contributed by atoms with E-state index in [1.54, 1.807) is 13.8 Å². The Morgan fingerprint density at radius 1 is 1.40 bits per heavy atom. The number of nitrogens with zero attached hydrogens (tertiary/aromatic N) is 2. The fraction of sp³-hybridized carbons (Fsp3) is 0.357. The molecule has 0 amide bonds. The lowest BCUT2D eigenvalue weighted by atomic mass is 10.3. The van der Waals surface area contributed by atoms with E-state index in [1.165, 1.54) is 20.8 Å². The van der Waals surface area contributed by atoms with Gasteiger partial charge in [0.1, 0.15) is 0 Å². The molecule has 0 saturated heterocycles. The zero-order valence-electron chi connectivity index (χ0n) is 11.6. The molecule has 0 atom stereocenters. The van der Waals surface area contributed by atoms with E-state index in [4.69, 9.17) is 0 Å². The number of rotatable bonds is 4. The third-order valence-corrected chi connectivity index (χ3v) is 5.54. The first kappa shape index (κ1) is 15.1.